The highest BCUT2D eigenvalue weighted by atomic mass is 16.7. The van der Waals surface area contributed by atoms with Crippen molar-refractivity contribution in [3.8, 4) is 0 Å². The van der Waals surface area contributed by atoms with Crippen molar-refractivity contribution < 1.29 is 4.84 Å². The van der Waals surface area contributed by atoms with Crippen LogP contribution in [0.2, 0.25) is 0 Å². The molecule has 0 N–H and O–H groups in total. The van der Waals surface area contributed by atoms with E-state index in [9.17, 15) is 0 Å². The molecule has 0 atom stereocenters. The Morgan fingerprint density at radius 1 is 0.762 bits per heavy atom. The van der Waals surface area contributed by atoms with Crippen LogP contribution < -0.4 is 0 Å². The van der Waals surface area contributed by atoms with Crippen LogP contribution in [0.15, 0.2) is 0 Å². The van der Waals surface area contributed by atoms with Gasteiger partial charge in [-0.1, -0.05) is 51.9 Å². The molecule has 0 saturated carbocycles. The summed E-state index contributed by atoms with van der Waals surface area (Å²) in [6, 6.07) is 0. The van der Waals surface area contributed by atoms with Gasteiger partial charge in [-0.2, -0.15) is 5.06 Å². The molecular weight excluding hydrogens is 258 g/mol. The minimum Gasteiger partial charge on any atom is -0.298 e. The van der Waals surface area contributed by atoms with Crippen molar-refractivity contribution in [2.24, 2.45) is 0 Å². The molecule has 0 unspecified atom stereocenters. The lowest BCUT2D eigenvalue weighted by molar-refractivity contribution is -0.281. The van der Waals surface area contributed by atoms with Gasteiger partial charge in [0.25, 0.3) is 0 Å². The van der Waals surface area contributed by atoms with Crippen molar-refractivity contribution in [1.29, 1.82) is 0 Å². The van der Waals surface area contributed by atoms with Gasteiger partial charge in [-0.15, -0.1) is 0 Å². The molecule has 1 rings (SSSR count). The fourth-order valence-corrected chi connectivity index (χ4v) is 3.72. The van der Waals surface area contributed by atoms with Gasteiger partial charge in [-0.05, 0) is 53.4 Å². The van der Waals surface area contributed by atoms with Crippen molar-refractivity contribution in [3.63, 3.8) is 0 Å². The SMILES string of the molecule is CCCCCCCCCCON1C(C)(C)CCCC1(C)C. The lowest BCUT2D eigenvalue weighted by Gasteiger charge is -2.51. The maximum atomic E-state index is 6.19. The first-order valence-corrected chi connectivity index (χ1v) is 9.33. The summed E-state index contributed by atoms with van der Waals surface area (Å²) in [4.78, 5) is 6.19. The molecule has 0 amide bonds. The van der Waals surface area contributed by atoms with E-state index in [1.807, 2.05) is 0 Å². The van der Waals surface area contributed by atoms with Crippen LogP contribution in [0, 0.1) is 0 Å². The molecule has 0 spiro atoms. The Hall–Kier alpha value is -0.0800. The average Bonchev–Trinajstić information content (AvgIpc) is 2.38. The predicted molar refractivity (Wildman–Crippen MR) is 92.4 cm³/mol. The highest BCUT2D eigenvalue weighted by molar-refractivity contribution is 4.92. The molecule has 1 aliphatic heterocycles. The van der Waals surface area contributed by atoms with Gasteiger partial charge in [0, 0.05) is 11.1 Å². The molecule has 0 aromatic rings. The first kappa shape index (κ1) is 19.0. The van der Waals surface area contributed by atoms with E-state index in [4.69, 9.17) is 4.84 Å². The van der Waals surface area contributed by atoms with Gasteiger partial charge in [-0.25, -0.2) is 0 Å². The van der Waals surface area contributed by atoms with Crippen LogP contribution in [0.25, 0.3) is 0 Å². The van der Waals surface area contributed by atoms with E-state index in [-0.39, 0.29) is 11.1 Å². The summed E-state index contributed by atoms with van der Waals surface area (Å²) in [5, 5.41) is 2.30. The number of hydroxylamine groups is 2. The summed E-state index contributed by atoms with van der Waals surface area (Å²) >= 11 is 0. The summed E-state index contributed by atoms with van der Waals surface area (Å²) in [5.74, 6) is 0. The molecule has 1 fully saturated rings. The number of hydrogen-bond donors (Lipinski definition) is 0. The molecule has 2 heteroatoms. The Bertz CT molecular complexity index is 257. The van der Waals surface area contributed by atoms with Gasteiger partial charge in [-0.3, -0.25) is 4.84 Å². The highest BCUT2D eigenvalue weighted by Crippen LogP contribution is 2.38. The summed E-state index contributed by atoms with van der Waals surface area (Å²) < 4.78 is 0. The maximum absolute atomic E-state index is 6.19. The fraction of sp³-hybridized carbons (Fsp3) is 1.00. The molecule has 1 aliphatic rings. The van der Waals surface area contributed by atoms with Crippen molar-refractivity contribution in [3.05, 3.63) is 0 Å². The van der Waals surface area contributed by atoms with Crippen molar-refractivity contribution in [2.75, 3.05) is 6.61 Å². The molecule has 0 aromatic carbocycles. The Kier molecular flexibility index (Phi) is 8.26. The number of hydrogen-bond acceptors (Lipinski definition) is 2. The zero-order chi connectivity index (χ0) is 15.8. The van der Waals surface area contributed by atoms with Gasteiger partial charge in [0.15, 0.2) is 0 Å². The molecule has 1 heterocycles. The zero-order valence-corrected chi connectivity index (χ0v) is 15.3. The molecule has 21 heavy (non-hydrogen) atoms. The summed E-state index contributed by atoms with van der Waals surface area (Å²) in [5.41, 5.74) is 0.365. The quantitative estimate of drug-likeness (QED) is 0.452. The van der Waals surface area contributed by atoms with E-state index in [0.717, 1.165) is 6.61 Å². The fourth-order valence-electron chi connectivity index (χ4n) is 3.72. The highest BCUT2D eigenvalue weighted by Gasteiger charge is 2.42. The largest absolute Gasteiger partial charge is 0.298 e. The number of rotatable bonds is 10. The van der Waals surface area contributed by atoms with Gasteiger partial charge >= 0.3 is 0 Å². The summed E-state index contributed by atoms with van der Waals surface area (Å²) in [6.07, 6.45) is 14.7. The van der Waals surface area contributed by atoms with E-state index in [1.165, 1.54) is 70.6 Å². The third-order valence-corrected chi connectivity index (χ3v) is 4.90. The second-order valence-electron chi connectivity index (χ2n) is 8.08. The topological polar surface area (TPSA) is 12.5 Å². The van der Waals surface area contributed by atoms with Gasteiger partial charge in [0.2, 0.25) is 0 Å². The molecule has 0 aromatic heterocycles. The lowest BCUT2D eigenvalue weighted by Crippen LogP contribution is -2.58. The molecule has 0 aliphatic carbocycles. The standard InChI is InChI=1S/C19H39NO/c1-6-7-8-9-10-11-12-13-17-21-20-18(2,3)15-14-16-19(20,4)5/h6-17H2,1-5H3. The van der Waals surface area contributed by atoms with Crippen LogP contribution in [0.3, 0.4) is 0 Å². The lowest BCUT2D eigenvalue weighted by atomic mass is 9.82. The Morgan fingerprint density at radius 3 is 1.76 bits per heavy atom. The van der Waals surface area contributed by atoms with Crippen LogP contribution >= 0.6 is 0 Å². The normalized spacial score (nSPS) is 21.6. The minimum absolute atomic E-state index is 0.182. The average molecular weight is 298 g/mol. The third-order valence-electron chi connectivity index (χ3n) is 4.90. The molecule has 1 saturated heterocycles. The zero-order valence-electron chi connectivity index (χ0n) is 15.3. The van der Waals surface area contributed by atoms with Crippen LogP contribution in [-0.4, -0.2) is 22.7 Å². The molecule has 2 nitrogen and oxygen atoms in total. The van der Waals surface area contributed by atoms with Gasteiger partial charge in [0.1, 0.15) is 0 Å². The second-order valence-corrected chi connectivity index (χ2v) is 8.08. The molecule has 0 radical (unpaired) electrons. The number of unbranched alkanes of at least 4 members (excludes halogenated alkanes) is 7. The van der Waals surface area contributed by atoms with Crippen LogP contribution in [0.1, 0.15) is 105 Å². The number of piperidine rings is 1. The minimum atomic E-state index is 0.182. The van der Waals surface area contributed by atoms with E-state index in [0.29, 0.717) is 0 Å². The summed E-state index contributed by atoms with van der Waals surface area (Å²) in [7, 11) is 0. The van der Waals surface area contributed by atoms with E-state index < -0.39 is 0 Å². The predicted octanol–water partition coefficient (Wildman–Crippen LogP) is 6.10. The van der Waals surface area contributed by atoms with Crippen LogP contribution in [-0.2, 0) is 4.84 Å². The third kappa shape index (κ3) is 6.69. The van der Waals surface area contributed by atoms with Gasteiger partial charge in [0.05, 0.1) is 6.61 Å². The second kappa shape index (κ2) is 9.15. The first-order chi connectivity index (χ1) is 9.90. The van der Waals surface area contributed by atoms with E-state index in [1.54, 1.807) is 0 Å². The van der Waals surface area contributed by atoms with Crippen molar-refractivity contribution in [2.45, 2.75) is 116 Å². The Morgan fingerprint density at radius 2 is 1.24 bits per heavy atom. The van der Waals surface area contributed by atoms with Crippen LogP contribution in [0.5, 0.6) is 0 Å². The smallest absolute Gasteiger partial charge is 0.0685 e. The van der Waals surface area contributed by atoms with Gasteiger partial charge < -0.3 is 0 Å². The molecule has 126 valence electrons. The maximum Gasteiger partial charge on any atom is 0.0685 e. The van der Waals surface area contributed by atoms with Crippen molar-refractivity contribution >= 4 is 0 Å². The number of nitrogens with zero attached hydrogens (tertiary/aromatic N) is 1. The van der Waals surface area contributed by atoms with E-state index in [2.05, 4.69) is 39.7 Å². The monoisotopic (exact) mass is 297 g/mol. The Labute approximate surface area is 133 Å². The molecular formula is C19H39NO. The summed E-state index contributed by atoms with van der Waals surface area (Å²) in [6.45, 7) is 12.5. The molecule has 0 bridgehead atoms. The van der Waals surface area contributed by atoms with Crippen molar-refractivity contribution in [1.82, 2.24) is 5.06 Å². The van der Waals surface area contributed by atoms with Crippen LogP contribution in [0.4, 0.5) is 0 Å². The van der Waals surface area contributed by atoms with E-state index >= 15 is 0 Å². The Balaban J connectivity index is 2.13. The first-order valence-electron chi connectivity index (χ1n) is 9.33.